The van der Waals surface area contributed by atoms with Gasteiger partial charge < -0.3 is 16.0 Å². The summed E-state index contributed by atoms with van der Waals surface area (Å²) >= 11 is 1.94. The molecule has 1 aliphatic rings. The average molecular weight is 577 g/mol. The van der Waals surface area contributed by atoms with Gasteiger partial charge in [-0.1, -0.05) is 30.3 Å². The van der Waals surface area contributed by atoms with Crippen LogP contribution < -0.4 is 16.0 Å². The molecule has 33 heavy (non-hydrogen) atoms. The normalized spacial score (nSPS) is 14.2. The molecule has 0 unspecified atom stereocenters. The van der Waals surface area contributed by atoms with Crippen LogP contribution in [-0.4, -0.2) is 40.0 Å². The molecule has 174 valence electrons. The van der Waals surface area contributed by atoms with Crippen LogP contribution in [0.5, 0.6) is 0 Å². The number of carbonyl (C=O) groups excluding carboxylic acids is 1. The van der Waals surface area contributed by atoms with E-state index < -0.39 is 0 Å². The quantitative estimate of drug-likeness (QED) is 0.203. The lowest BCUT2D eigenvalue weighted by Gasteiger charge is -2.18. The molecule has 0 aliphatic heterocycles. The summed E-state index contributed by atoms with van der Waals surface area (Å²) in [6.07, 6.45) is 5.84. The van der Waals surface area contributed by atoms with Crippen LogP contribution in [0.3, 0.4) is 0 Å². The van der Waals surface area contributed by atoms with Crippen LogP contribution in [0.1, 0.15) is 18.4 Å². The molecule has 0 radical (unpaired) electrons. The van der Waals surface area contributed by atoms with E-state index in [1.54, 1.807) is 30.2 Å². The summed E-state index contributed by atoms with van der Waals surface area (Å²) in [5.41, 5.74) is 1.82. The van der Waals surface area contributed by atoms with Crippen molar-refractivity contribution in [2.45, 2.75) is 35.6 Å². The molecule has 1 aliphatic carbocycles. The lowest BCUT2D eigenvalue weighted by atomic mass is 10.2. The van der Waals surface area contributed by atoms with Gasteiger partial charge in [-0.15, -0.1) is 35.7 Å². The van der Waals surface area contributed by atoms with Crippen molar-refractivity contribution >= 4 is 53.3 Å². The molecule has 1 heterocycles. The highest BCUT2D eigenvalue weighted by Crippen LogP contribution is 2.51. The highest BCUT2D eigenvalue weighted by Gasteiger charge is 2.43. The first-order valence-corrected chi connectivity index (χ1v) is 11.5. The molecule has 2 aromatic carbocycles. The molecular formula is C24H29IN6OS. The zero-order valence-electron chi connectivity index (χ0n) is 18.5. The summed E-state index contributed by atoms with van der Waals surface area (Å²) in [5, 5.41) is 13.8. The Kier molecular flexibility index (Phi) is 9.19. The molecule has 1 aromatic heterocycles. The molecule has 7 nitrogen and oxygen atoms in total. The third-order valence-corrected chi connectivity index (χ3v) is 6.72. The summed E-state index contributed by atoms with van der Waals surface area (Å²) in [7, 11) is 1.78. The van der Waals surface area contributed by atoms with Crippen LogP contribution in [0, 0.1) is 0 Å². The number of rotatable bonds is 9. The van der Waals surface area contributed by atoms with Crippen molar-refractivity contribution in [3.8, 4) is 0 Å². The van der Waals surface area contributed by atoms with Gasteiger partial charge in [0.05, 0.1) is 0 Å². The molecule has 0 spiro atoms. The molecule has 0 atom stereocenters. The number of benzene rings is 2. The summed E-state index contributed by atoms with van der Waals surface area (Å²) in [6, 6.07) is 20.2. The Morgan fingerprint density at radius 3 is 2.64 bits per heavy atom. The van der Waals surface area contributed by atoms with Crippen molar-refractivity contribution in [1.29, 1.82) is 0 Å². The molecule has 1 fully saturated rings. The first-order chi connectivity index (χ1) is 15.6. The first kappa shape index (κ1) is 25.1. The van der Waals surface area contributed by atoms with Crippen molar-refractivity contribution in [3.63, 3.8) is 0 Å². The number of hydrogen-bond donors (Lipinski definition) is 3. The number of aromatic nitrogens is 2. The molecule has 0 saturated heterocycles. The summed E-state index contributed by atoms with van der Waals surface area (Å²) < 4.78 is 1.84. The number of amides is 1. The maximum atomic E-state index is 12.2. The molecule has 4 rings (SSSR count). The van der Waals surface area contributed by atoms with Crippen molar-refractivity contribution < 1.29 is 4.79 Å². The zero-order valence-corrected chi connectivity index (χ0v) is 21.7. The number of thioether (sulfide) groups is 1. The van der Waals surface area contributed by atoms with Gasteiger partial charge in [-0.3, -0.25) is 14.5 Å². The predicted molar refractivity (Wildman–Crippen MR) is 145 cm³/mol. The van der Waals surface area contributed by atoms with E-state index in [1.807, 2.05) is 42.1 Å². The number of guanidine groups is 1. The largest absolute Gasteiger partial charge is 0.355 e. The predicted octanol–water partition coefficient (Wildman–Crippen LogP) is 4.13. The zero-order chi connectivity index (χ0) is 22.2. The summed E-state index contributed by atoms with van der Waals surface area (Å²) in [4.78, 5) is 17.9. The van der Waals surface area contributed by atoms with Crippen molar-refractivity contribution in [2.24, 2.45) is 4.99 Å². The first-order valence-electron chi connectivity index (χ1n) is 10.7. The molecule has 1 amide bonds. The third-order valence-electron chi connectivity index (χ3n) is 5.22. The van der Waals surface area contributed by atoms with Crippen LogP contribution in [0.15, 0.2) is 82.9 Å². The lowest BCUT2D eigenvalue weighted by molar-refractivity contribution is -0.116. The maximum absolute atomic E-state index is 12.2. The van der Waals surface area contributed by atoms with Crippen molar-refractivity contribution in [3.05, 3.63) is 78.6 Å². The van der Waals surface area contributed by atoms with E-state index in [0.717, 1.165) is 23.8 Å². The number of anilines is 1. The molecule has 0 bridgehead atoms. The highest BCUT2D eigenvalue weighted by atomic mass is 127. The fourth-order valence-electron chi connectivity index (χ4n) is 3.34. The van der Waals surface area contributed by atoms with E-state index in [-0.39, 0.29) is 41.2 Å². The summed E-state index contributed by atoms with van der Waals surface area (Å²) in [5.74, 6) is 0.667. The molecule has 1 saturated carbocycles. The van der Waals surface area contributed by atoms with E-state index in [1.165, 1.54) is 17.7 Å². The lowest BCUT2D eigenvalue weighted by Crippen LogP contribution is -2.40. The van der Waals surface area contributed by atoms with Gasteiger partial charge in [0, 0.05) is 47.9 Å². The Morgan fingerprint density at radius 2 is 1.94 bits per heavy atom. The maximum Gasteiger partial charge on any atom is 0.246 e. The van der Waals surface area contributed by atoms with Gasteiger partial charge in [0.2, 0.25) is 5.91 Å². The van der Waals surface area contributed by atoms with E-state index >= 15 is 0 Å². The smallest absolute Gasteiger partial charge is 0.246 e. The van der Waals surface area contributed by atoms with Crippen LogP contribution >= 0.6 is 35.7 Å². The number of halogens is 1. The van der Waals surface area contributed by atoms with Crippen LogP contribution in [0.2, 0.25) is 0 Å². The van der Waals surface area contributed by atoms with Gasteiger partial charge in [0.15, 0.2) is 5.96 Å². The Hall–Kier alpha value is -2.53. The van der Waals surface area contributed by atoms with Crippen LogP contribution in [0.4, 0.5) is 5.69 Å². The van der Waals surface area contributed by atoms with Crippen LogP contribution in [-0.2, 0) is 17.9 Å². The molecule has 3 aromatic rings. The number of nitrogens with one attached hydrogen (secondary N) is 3. The third kappa shape index (κ3) is 7.78. The topological polar surface area (TPSA) is 83.3 Å². The Labute approximate surface area is 215 Å². The number of hydrogen-bond acceptors (Lipinski definition) is 4. The number of carbonyl (C=O) groups is 1. The van der Waals surface area contributed by atoms with Crippen molar-refractivity contribution in [1.82, 2.24) is 20.4 Å². The van der Waals surface area contributed by atoms with Gasteiger partial charge in [-0.2, -0.15) is 5.10 Å². The van der Waals surface area contributed by atoms with Crippen molar-refractivity contribution in [2.75, 3.05) is 18.9 Å². The van der Waals surface area contributed by atoms with E-state index in [9.17, 15) is 4.79 Å². The van der Waals surface area contributed by atoms with Gasteiger partial charge in [-0.05, 0) is 48.7 Å². The van der Waals surface area contributed by atoms with Gasteiger partial charge >= 0.3 is 0 Å². The number of aliphatic imine (C=N–C) groups is 1. The minimum atomic E-state index is -0.109. The van der Waals surface area contributed by atoms with E-state index in [2.05, 4.69) is 50.3 Å². The van der Waals surface area contributed by atoms with E-state index in [4.69, 9.17) is 0 Å². The SMILES string of the molecule is CN=C(NCc1cccc(NC(=O)Cn2cccn2)c1)NCC1(Sc2ccccc2)CC1.I. The fourth-order valence-corrected chi connectivity index (χ4v) is 4.59. The monoisotopic (exact) mass is 576 g/mol. The second-order valence-corrected chi connectivity index (χ2v) is 9.37. The van der Waals surface area contributed by atoms with Crippen LogP contribution in [0.25, 0.3) is 0 Å². The minimum Gasteiger partial charge on any atom is -0.355 e. The molecule has 9 heteroatoms. The standard InChI is InChI=1S/C24H28N6OS.HI/c1-25-23(27-18-24(11-12-24)32-21-9-3-2-4-10-21)26-16-19-7-5-8-20(15-19)29-22(31)17-30-14-6-13-28-30;/h2-10,13-15H,11-12,16-18H2,1H3,(H,29,31)(H2,25,26,27);1H. The molecular weight excluding hydrogens is 547 g/mol. The van der Waals surface area contributed by atoms with Gasteiger partial charge in [0.25, 0.3) is 0 Å². The van der Waals surface area contributed by atoms with Gasteiger partial charge in [0.1, 0.15) is 6.54 Å². The Bertz CT molecular complexity index is 1050. The highest BCUT2D eigenvalue weighted by molar-refractivity contribution is 14.0. The number of nitrogens with zero attached hydrogens (tertiary/aromatic N) is 3. The fraction of sp³-hybridized carbons (Fsp3) is 0.292. The summed E-state index contributed by atoms with van der Waals surface area (Å²) in [6.45, 7) is 1.67. The van der Waals surface area contributed by atoms with Gasteiger partial charge in [-0.25, -0.2) is 0 Å². The Morgan fingerprint density at radius 1 is 1.12 bits per heavy atom. The molecule has 3 N–H and O–H groups in total. The minimum absolute atomic E-state index is 0. The van der Waals surface area contributed by atoms with E-state index in [0.29, 0.717) is 6.54 Å². The second kappa shape index (κ2) is 12.1. The Balaban J connectivity index is 0.00000306. The average Bonchev–Trinajstić information content (AvgIpc) is 3.36. The second-order valence-electron chi connectivity index (χ2n) is 7.83.